The van der Waals surface area contributed by atoms with Crippen molar-refractivity contribution in [3.63, 3.8) is 0 Å². The molecule has 2 aromatic heterocycles. The number of ether oxygens (including phenoxy) is 1. The number of hydrogen-bond donors (Lipinski definition) is 1. The van der Waals surface area contributed by atoms with Crippen molar-refractivity contribution < 1.29 is 32.6 Å². The predicted octanol–water partition coefficient (Wildman–Crippen LogP) is 6.40. The van der Waals surface area contributed by atoms with Gasteiger partial charge >= 0.3 is 18.2 Å². The van der Waals surface area contributed by atoms with Crippen molar-refractivity contribution >= 4 is 12.0 Å². The van der Waals surface area contributed by atoms with Crippen LogP contribution in [0.15, 0.2) is 66.9 Å². The van der Waals surface area contributed by atoms with E-state index in [1.165, 1.54) is 17.7 Å². The van der Waals surface area contributed by atoms with Gasteiger partial charge in [-0.15, -0.1) is 0 Å². The van der Waals surface area contributed by atoms with E-state index in [0.717, 1.165) is 37.1 Å². The lowest BCUT2D eigenvalue weighted by Crippen LogP contribution is -2.43. The number of carboxylic acid groups (broad SMARTS) is 1. The summed E-state index contributed by atoms with van der Waals surface area (Å²) < 4.78 is 48.1. The summed E-state index contributed by atoms with van der Waals surface area (Å²) >= 11 is 0. The van der Waals surface area contributed by atoms with E-state index in [4.69, 9.17) is 4.74 Å². The van der Waals surface area contributed by atoms with Gasteiger partial charge in [0.15, 0.2) is 11.5 Å². The summed E-state index contributed by atoms with van der Waals surface area (Å²) in [6.45, 7) is 3.57. The number of carbonyl (C=O) groups is 2. The Morgan fingerprint density at radius 2 is 1.75 bits per heavy atom. The van der Waals surface area contributed by atoms with Crippen molar-refractivity contribution in [2.75, 3.05) is 27.2 Å². The largest absolute Gasteiger partial charge is 0.488 e. The summed E-state index contributed by atoms with van der Waals surface area (Å²) in [5, 5.41) is 12.9. The molecule has 1 aliphatic rings. The summed E-state index contributed by atoms with van der Waals surface area (Å²) in [7, 11) is 3.52. The molecule has 0 spiro atoms. The second kappa shape index (κ2) is 12.4. The molecule has 2 amide bonds. The van der Waals surface area contributed by atoms with Crippen LogP contribution in [-0.4, -0.2) is 68.9 Å². The monoisotopic (exact) mass is 607 g/mol. The van der Waals surface area contributed by atoms with Gasteiger partial charge in [0.05, 0.1) is 11.9 Å². The summed E-state index contributed by atoms with van der Waals surface area (Å²) in [6.07, 6.45) is -2.50. The fourth-order valence-electron chi connectivity index (χ4n) is 5.35. The zero-order valence-corrected chi connectivity index (χ0v) is 24.5. The van der Waals surface area contributed by atoms with Crippen LogP contribution < -0.4 is 4.74 Å². The average molecular weight is 608 g/mol. The fourth-order valence-corrected chi connectivity index (χ4v) is 5.35. The molecule has 12 heteroatoms. The van der Waals surface area contributed by atoms with Crippen LogP contribution in [0.3, 0.4) is 0 Å². The highest BCUT2D eigenvalue weighted by atomic mass is 19.4. The number of carbonyl (C=O) groups excluding carboxylic acids is 1. The number of piperidine rings is 1. The van der Waals surface area contributed by atoms with E-state index in [9.17, 15) is 27.9 Å². The zero-order chi connectivity index (χ0) is 31.6. The summed E-state index contributed by atoms with van der Waals surface area (Å²) in [5.41, 5.74) is 1.59. The van der Waals surface area contributed by atoms with Crippen LogP contribution in [0.5, 0.6) is 5.75 Å². The van der Waals surface area contributed by atoms with Crippen LogP contribution >= 0.6 is 0 Å². The molecule has 230 valence electrons. The third kappa shape index (κ3) is 6.53. The third-order valence-electron chi connectivity index (χ3n) is 7.62. The van der Waals surface area contributed by atoms with Gasteiger partial charge in [0, 0.05) is 32.7 Å². The summed E-state index contributed by atoms with van der Waals surface area (Å²) in [5.74, 6) is -1.05. The molecule has 0 atom stereocenters. The first-order valence-corrected chi connectivity index (χ1v) is 14.1. The Kier molecular flexibility index (Phi) is 8.61. The number of urea groups is 1. The average Bonchev–Trinajstić information content (AvgIpc) is 3.47. The number of rotatable bonds is 7. The number of aromatic nitrogens is 3. The smallest absolute Gasteiger partial charge is 0.434 e. The number of nitrogens with zero attached hydrogens (tertiary/aromatic N) is 5. The van der Waals surface area contributed by atoms with Crippen molar-refractivity contribution in [3.8, 4) is 22.8 Å². The van der Waals surface area contributed by atoms with Crippen molar-refractivity contribution in [3.05, 3.63) is 94.8 Å². The van der Waals surface area contributed by atoms with Crippen LogP contribution in [-0.2, 0) is 12.8 Å². The van der Waals surface area contributed by atoms with Crippen LogP contribution in [0.25, 0.3) is 17.1 Å². The van der Waals surface area contributed by atoms with Gasteiger partial charge in [-0.05, 0) is 61.1 Å². The zero-order valence-electron chi connectivity index (χ0n) is 24.5. The van der Waals surface area contributed by atoms with Gasteiger partial charge in [-0.2, -0.15) is 18.3 Å². The van der Waals surface area contributed by atoms with Crippen molar-refractivity contribution in [2.45, 2.75) is 38.5 Å². The second-order valence-corrected chi connectivity index (χ2v) is 11.0. The van der Waals surface area contributed by atoms with Crippen LogP contribution in [0.2, 0.25) is 0 Å². The third-order valence-corrected chi connectivity index (χ3v) is 7.62. The molecule has 1 fully saturated rings. The highest BCUT2D eigenvalue weighted by Gasteiger charge is 2.41. The minimum absolute atomic E-state index is 0.0353. The lowest BCUT2D eigenvalue weighted by atomic mass is 9.89. The predicted molar refractivity (Wildman–Crippen MR) is 157 cm³/mol. The maximum absolute atomic E-state index is 13.8. The Bertz CT molecular complexity index is 1660. The Hall–Kier alpha value is -4.87. The van der Waals surface area contributed by atoms with E-state index < -0.39 is 23.4 Å². The summed E-state index contributed by atoms with van der Waals surface area (Å²) in [6, 6.07) is 18.2. The lowest BCUT2D eigenvalue weighted by Gasteiger charge is -2.33. The Morgan fingerprint density at radius 1 is 1.05 bits per heavy atom. The van der Waals surface area contributed by atoms with Gasteiger partial charge < -0.3 is 19.6 Å². The minimum Gasteiger partial charge on any atom is -0.488 e. The van der Waals surface area contributed by atoms with Crippen molar-refractivity contribution in [1.82, 2.24) is 24.6 Å². The highest BCUT2D eigenvalue weighted by molar-refractivity contribution is 5.89. The minimum atomic E-state index is -4.96. The number of halogens is 3. The number of alkyl halides is 3. The number of aryl methyl sites for hydroxylation is 1. The first kappa shape index (κ1) is 30.6. The molecule has 0 saturated carbocycles. The molecule has 3 heterocycles. The highest BCUT2D eigenvalue weighted by Crippen LogP contribution is 2.35. The van der Waals surface area contributed by atoms with Crippen LogP contribution in [0, 0.1) is 6.92 Å². The molecule has 9 nitrogen and oxygen atoms in total. The van der Waals surface area contributed by atoms with E-state index in [1.54, 1.807) is 31.1 Å². The first-order valence-electron chi connectivity index (χ1n) is 14.1. The van der Waals surface area contributed by atoms with Gasteiger partial charge in [-0.3, -0.25) is 0 Å². The molecule has 4 aromatic rings. The Balaban J connectivity index is 1.33. The maximum atomic E-state index is 13.8. The van der Waals surface area contributed by atoms with Gasteiger partial charge in [0.25, 0.3) is 0 Å². The molecule has 44 heavy (non-hydrogen) atoms. The van der Waals surface area contributed by atoms with Crippen molar-refractivity contribution in [2.24, 2.45) is 0 Å². The van der Waals surface area contributed by atoms with Crippen LogP contribution in [0.4, 0.5) is 18.0 Å². The van der Waals surface area contributed by atoms with Gasteiger partial charge in [-0.25, -0.2) is 19.3 Å². The fraction of sp³-hybridized carbons (Fsp3) is 0.312. The molecule has 5 rings (SSSR count). The molecule has 1 aliphatic heterocycles. The molecular weight excluding hydrogens is 575 g/mol. The second-order valence-electron chi connectivity index (χ2n) is 11.0. The number of carboxylic acids is 1. The molecular formula is C32H32F3N5O4. The molecule has 0 bridgehead atoms. The number of hydrogen-bond acceptors (Lipinski definition) is 5. The Morgan fingerprint density at radius 3 is 2.39 bits per heavy atom. The molecule has 0 unspecified atom stereocenters. The number of benzene rings is 2. The number of pyridine rings is 1. The number of likely N-dealkylation sites (tertiary alicyclic amines) is 1. The Labute approximate surface area is 252 Å². The SMILES string of the molecule is Cc1ccc(OCc2ccc(C3CCN(C(=O)N(C)C)CC3)cc2)c(-c2cccc(-n3ncc(C(=O)O)c3C(F)(F)F)n2)c1. The maximum Gasteiger partial charge on any atom is 0.434 e. The van der Waals surface area contributed by atoms with Gasteiger partial charge in [-0.1, -0.05) is 42.0 Å². The standard InChI is InChI=1S/C32H32F3N5O4/c1-20-7-12-27(44-19-21-8-10-22(11-9-21)23-13-15-39(16-14-23)31(43)38(2)3)24(17-20)26-5-4-6-28(37-26)40-29(32(33,34)35)25(18-36-40)30(41)42/h4-12,17-18,23H,13-16,19H2,1-3H3,(H,41,42). The normalized spacial score (nSPS) is 14.0. The number of amides is 2. The van der Waals surface area contributed by atoms with E-state index in [2.05, 4.69) is 22.2 Å². The number of aromatic carboxylic acids is 1. The van der Waals surface area contributed by atoms with E-state index in [-0.39, 0.29) is 18.5 Å². The van der Waals surface area contributed by atoms with Gasteiger partial charge in [0.2, 0.25) is 0 Å². The lowest BCUT2D eigenvalue weighted by molar-refractivity contribution is -0.143. The molecule has 0 radical (unpaired) electrons. The topological polar surface area (TPSA) is 101 Å². The molecule has 1 saturated heterocycles. The first-order chi connectivity index (χ1) is 20.9. The van der Waals surface area contributed by atoms with E-state index in [1.807, 2.05) is 36.1 Å². The van der Waals surface area contributed by atoms with E-state index >= 15 is 0 Å². The van der Waals surface area contributed by atoms with E-state index in [0.29, 0.717) is 33.8 Å². The summed E-state index contributed by atoms with van der Waals surface area (Å²) in [4.78, 5) is 31.5. The molecule has 2 aromatic carbocycles. The van der Waals surface area contributed by atoms with Crippen molar-refractivity contribution in [1.29, 1.82) is 0 Å². The molecule has 1 N–H and O–H groups in total. The molecule has 0 aliphatic carbocycles. The quantitative estimate of drug-likeness (QED) is 0.261. The van der Waals surface area contributed by atoms with Gasteiger partial charge in [0.1, 0.15) is 17.9 Å². The van der Waals surface area contributed by atoms with Crippen LogP contribution in [0.1, 0.15) is 51.5 Å².